The Hall–Kier alpha value is -1.31. The second-order valence-corrected chi connectivity index (χ2v) is 7.19. The molecule has 5 nitrogen and oxygen atoms in total. The highest BCUT2D eigenvalue weighted by Gasteiger charge is 2.22. The molecule has 0 saturated heterocycles. The van der Waals surface area contributed by atoms with Crippen molar-refractivity contribution < 1.29 is 4.79 Å². The molecule has 0 atom stereocenters. The monoisotopic (exact) mass is 470 g/mol. The molecule has 0 aromatic heterocycles. The Morgan fingerprint density at radius 3 is 2.62 bits per heavy atom. The van der Waals surface area contributed by atoms with E-state index in [1.54, 1.807) is 0 Å². The molecule has 0 unspecified atom stereocenters. The van der Waals surface area contributed by atoms with E-state index in [-0.39, 0.29) is 35.8 Å². The summed E-state index contributed by atoms with van der Waals surface area (Å²) in [4.78, 5) is 16.9. The fourth-order valence-electron chi connectivity index (χ4n) is 3.25. The first-order valence-corrected chi connectivity index (χ1v) is 9.66. The van der Waals surface area contributed by atoms with Crippen LogP contribution in [-0.2, 0) is 11.3 Å². The van der Waals surface area contributed by atoms with Gasteiger partial charge in [0.15, 0.2) is 5.96 Å². The first-order valence-electron chi connectivity index (χ1n) is 9.66. The summed E-state index contributed by atoms with van der Waals surface area (Å²) in [5.41, 5.74) is 1.98. The van der Waals surface area contributed by atoms with Gasteiger partial charge in [0.2, 0.25) is 5.91 Å². The summed E-state index contributed by atoms with van der Waals surface area (Å²) in [6, 6.07) is 8.02. The molecular weight excluding hydrogens is 439 g/mol. The third-order valence-electron chi connectivity index (χ3n) is 4.94. The summed E-state index contributed by atoms with van der Waals surface area (Å²) in [5, 5.41) is 9.76. The van der Waals surface area contributed by atoms with Crippen LogP contribution in [0.4, 0.5) is 5.69 Å². The van der Waals surface area contributed by atoms with E-state index in [9.17, 15) is 4.79 Å². The molecule has 26 heavy (non-hydrogen) atoms. The van der Waals surface area contributed by atoms with Crippen LogP contribution in [-0.4, -0.2) is 25.0 Å². The van der Waals surface area contributed by atoms with Crippen LogP contribution in [0, 0.1) is 11.8 Å². The van der Waals surface area contributed by atoms with Gasteiger partial charge in [0.1, 0.15) is 0 Å². The van der Waals surface area contributed by atoms with Crippen molar-refractivity contribution in [1.29, 1.82) is 0 Å². The zero-order valence-electron chi connectivity index (χ0n) is 15.6. The van der Waals surface area contributed by atoms with Crippen molar-refractivity contribution in [2.75, 3.05) is 18.4 Å². The molecule has 2 saturated carbocycles. The number of rotatable bonds is 7. The van der Waals surface area contributed by atoms with Gasteiger partial charge < -0.3 is 16.0 Å². The summed E-state index contributed by atoms with van der Waals surface area (Å²) in [5.74, 6) is 2.04. The van der Waals surface area contributed by atoms with Crippen molar-refractivity contribution in [3.63, 3.8) is 0 Å². The zero-order chi connectivity index (χ0) is 17.5. The molecule has 2 aliphatic carbocycles. The molecule has 0 bridgehead atoms. The number of nitrogens with zero attached hydrogens (tertiary/aromatic N) is 1. The lowest BCUT2D eigenvalue weighted by Gasteiger charge is -2.12. The number of hydrogen-bond donors (Lipinski definition) is 3. The van der Waals surface area contributed by atoms with Crippen molar-refractivity contribution >= 4 is 41.5 Å². The number of aliphatic imine (C=N–C) groups is 1. The second-order valence-electron chi connectivity index (χ2n) is 7.19. The van der Waals surface area contributed by atoms with E-state index < -0.39 is 0 Å². The molecule has 1 aromatic carbocycles. The molecule has 2 aliphatic rings. The summed E-state index contributed by atoms with van der Waals surface area (Å²) in [7, 11) is 0. The minimum atomic E-state index is 0. The summed E-state index contributed by atoms with van der Waals surface area (Å²) < 4.78 is 0. The largest absolute Gasteiger partial charge is 0.357 e. The van der Waals surface area contributed by atoms with Crippen LogP contribution >= 0.6 is 24.0 Å². The van der Waals surface area contributed by atoms with Gasteiger partial charge in [-0.15, -0.1) is 24.0 Å². The number of carbonyl (C=O) groups is 1. The Bertz CT molecular complexity index is 610. The summed E-state index contributed by atoms with van der Waals surface area (Å²) in [6.45, 7) is 4.54. The van der Waals surface area contributed by atoms with Gasteiger partial charge in [-0.3, -0.25) is 4.79 Å². The lowest BCUT2D eigenvalue weighted by atomic mass is 10.1. The van der Waals surface area contributed by atoms with E-state index in [1.165, 1.54) is 25.7 Å². The number of guanidine groups is 1. The molecule has 3 N–H and O–H groups in total. The molecule has 1 amide bonds. The molecular formula is C20H31IN4O. The van der Waals surface area contributed by atoms with Crippen LogP contribution in [0.2, 0.25) is 0 Å². The number of nitrogens with one attached hydrogen (secondary N) is 3. The Balaban J connectivity index is 0.00000243. The second kappa shape index (κ2) is 10.7. The van der Waals surface area contributed by atoms with Crippen molar-refractivity contribution in [2.45, 2.75) is 52.0 Å². The quantitative estimate of drug-likeness (QED) is 0.322. The lowest BCUT2D eigenvalue weighted by molar-refractivity contribution is -0.119. The smallest absolute Gasteiger partial charge is 0.227 e. The third kappa shape index (κ3) is 6.78. The normalized spacial score (nSPS) is 17.5. The highest BCUT2D eigenvalue weighted by atomic mass is 127. The molecule has 144 valence electrons. The van der Waals surface area contributed by atoms with Crippen molar-refractivity contribution in [3.8, 4) is 0 Å². The number of carbonyl (C=O) groups excluding carboxylic acids is 1. The van der Waals surface area contributed by atoms with Gasteiger partial charge in [-0.1, -0.05) is 25.0 Å². The molecule has 0 spiro atoms. The van der Waals surface area contributed by atoms with Crippen molar-refractivity contribution in [2.24, 2.45) is 16.8 Å². The first-order chi connectivity index (χ1) is 12.2. The van der Waals surface area contributed by atoms with Gasteiger partial charge in [-0.25, -0.2) is 4.99 Å². The Kier molecular flexibility index (Phi) is 8.68. The molecule has 1 aromatic rings. The zero-order valence-corrected chi connectivity index (χ0v) is 17.9. The molecule has 6 heteroatoms. The van der Waals surface area contributed by atoms with Gasteiger partial charge in [-0.05, 0) is 56.2 Å². The van der Waals surface area contributed by atoms with Gasteiger partial charge >= 0.3 is 0 Å². The predicted octanol–water partition coefficient (Wildman–Crippen LogP) is 3.90. The van der Waals surface area contributed by atoms with Crippen LogP contribution in [0.15, 0.2) is 29.3 Å². The molecule has 2 fully saturated rings. The summed E-state index contributed by atoms with van der Waals surface area (Å²) >= 11 is 0. The number of hydrogen-bond acceptors (Lipinski definition) is 2. The average molecular weight is 470 g/mol. The molecule has 0 heterocycles. The SMILES string of the molecule is CCNC(=NCc1cccc(NC(=O)C2CCCC2)c1)NCC1CC1.I. The Morgan fingerprint density at radius 2 is 1.92 bits per heavy atom. The molecule has 0 aliphatic heterocycles. The van der Waals surface area contributed by atoms with Crippen LogP contribution in [0.3, 0.4) is 0 Å². The van der Waals surface area contributed by atoms with Gasteiger partial charge in [0.05, 0.1) is 6.54 Å². The fraction of sp³-hybridized carbons (Fsp3) is 0.600. The summed E-state index contributed by atoms with van der Waals surface area (Å²) in [6.07, 6.45) is 7.05. The third-order valence-corrected chi connectivity index (χ3v) is 4.94. The Labute approximate surface area is 173 Å². The maximum atomic E-state index is 12.3. The highest BCUT2D eigenvalue weighted by Crippen LogP contribution is 2.27. The van der Waals surface area contributed by atoms with Crippen molar-refractivity contribution in [1.82, 2.24) is 10.6 Å². The van der Waals surface area contributed by atoms with E-state index in [0.717, 1.165) is 49.1 Å². The maximum Gasteiger partial charge on any atom is 0.227 e. The number of anilines is 1. The lowest BCUT2D eigenvalue weighted by Crippen LogP contribution is -2.38. The van der Waals surface area contributed by atoms with E-state index in [4.69, 9.17) is 0 Å². The van der Waals surface area contributed by atoms with Crippen LogP contribution in [0.5, 0.6) is 0 Å². The van der Waals surface area contributed by atoms with Gasteiger partial charge in [-0.2, -0.15) is 0 Å². The van der Waals surface area contributed by atoms with E-state index >= 15 is 0 Å². The molecule has 0 radical (unpaired) electrons. The average Bonchev–Trinajstić information content (AvgIpc) is 3.28. The highest BCUT2D eigenvalue weighted by molar-refractivity contribution is 14.0. The minimum Gasteiger partial charge on any atom is -0.357 e. The minimum absolute atomic E-state index is 0. The maximum absolute atomic E-state index is 12.3. The van der Waals surface area contributed by atoms with Gasteiger partial charge in [0.25, 0.3) is 0 Å². The van der Waals surface area contributed by atoms with E-state index in [1.807, 2.05) is 18.2 Å². The van der Waals surface area contributed by atoms with Crippen LogP contribution in [0.25, 0.3) is 0 Å². The van der Waals surface area contributed by atoms with Crippen LogP contribution < -0.4 is 16.0 Å². The fourth-order valence-corrected chi connectivity index (χ4v) is 3.25. The Morgan fingerprint density at radius 1 is 1.15 bits per heavy atom. The number of halogens is 1. The first kappa shape index (κ1) is 21.0. The number of amides is 1. The van der Waals surface area contributed by atoms with Crippen LogP contribution in [0.1, 0.15) is 51.0 Å². The number of benzene rings is 1. The van der Waals surface area contributed by atoms with E-state index in [2.05, 4.69) is 33.9 Å². The predicted molar refractivity (Wildman–Crippen MR) is 118 cm³/mol. The van der Waals surface area contributed by atoms with Gasteiger partial charge in [0, 0.05) is 24.7 Å². The topological polar surface area (TPSA) is 65.5 Å². The van der Waals surface area contributed by atoms with Crippen molar-refractivity contribution in [3.05, 3.63) is 29.8 Å². The van der Waals surface area contributed by atoms with E-state index in [0.29, 0.717) is 6.54 Å². The standard InChI is InChI=1S/C20H30N4O.HI/c1-2-21-20(22-13-15-10-11-15)23-14-16-6-5-9-18(12-16)24-19(25)17-7-3-4-8-17;/h5-6,9,12,15,17H,2-4,7-8,10-11,13-14H2,1H3,(H,24,25)(H2,21,22,23);1H. The molecule has 3 rings (SSSR count).